The largest absolute Gasteiger partial charge is 0.465 e. The molecule has 3 N–H and O–H groups in total. The predicted molar refractivity (Wildman–Crippen MR) is 77.2 cm³/mol. The van der Waals surface area contributed by atoms with Crippen LogP contribution < -0.4 is 5.32 Å². The molecule has 2 rings (SSSR count). The SMILES string of the molecule is Cc1ccc(CNC(CO)CC(O)c2ccccc2)o1. The number of furan rings is 1. The summed E-state index contributed by atoms with van der Waals surface area (Å²) in [6, 6.07) is 13.1. The molecule has 1 aromatic heterocycles. The second-order valence-electron chi connectivity index (χ2n) is 4.93. The van der Waals surface area contributed by atoms with Crippen molar-refractivity contribution in [1.29, 1.82) is 0 Å². The Balaban J connectivity index is 1.85. The van der Waals surface area contributed by atoms with E-state index in [1.165, 1.54) is 0 Å². The van der Waals surface area contributed by atoms with Crippen molar-refractivity contribution in [1.82, 2.24) is 5.32 Å². The highest BCUT2D eigenvalue weighted by molar-refractivity contribution is 5.17. The minimum absolute atomic E-state index is 0.0242. The molecule has 4 heteroatoms. The van der Waals surface area contributed by atoms with Gasteiger partial charge in [0.05, 0.1) is 19.3 Å². The van der Waals surface area contributed by atoms with Crippen LogP contribution in [0.25, 0.3) is 0 Å². The molecular weight excluding hydrogens is 254 g/mol. The van der Waals surface area contributed by atoms with Crippen LogP contribution in [0, 0.1) is 6.92 Å². The Morgan fingerprint density at radius 1 is 1.15 bits per heavy atom. The molecule has 0 saturated carbocycles. The van der Waals surface area contributed by atoms with Crippen molar-refractivity contribution in [2.75, 3.05) is 6.61 Å². The highest BCUT2D eigenvalue weighted by Gasteiger charge is 2.15. The zero-order chi connectivity index (χ0) is 14.4. The molecule has 0 aliphatic carbocycles. The second-order valence-corrected chi connectivity index (χ2v) is 4.93. The molecule has 0 radical (unpaired) electrons. The number of benzene rings is 1. The summed E-state index contributed by atoms with van der Waals surface area (Å²) in [7, 11) is 0. The van der Waals surface area contributed by atoms with Gasteiger partial charge >= 0.3 is 0 Å². The van der Waals surface area contributed by atoms with Crippen molar-refractivity contribution in [3.8, 4) is 0 Å². The fraction of sp³-hybridized carbons (Fsp3) is 0.375. The van der Waals surface area contributed by atoms with Gasteiger partial charge in [0.2, 0.25) is 0 Å². The van der Waals surface area contributed by atoms with Gasteiger partial charge < -0.3 is 19.9 Å². The number of rotatable bonds is 7. The van der Waals surface area contributed by atoms with Gasteiger partial charge in [-0.1, -0.05) is 30.3 Å². The lowest BCUT2D eigenvalue weighted by Gasteiger charge is -2.19. The van der Waals surface area contributed by atoms with Gasteiger partial charge in [-0.3, -0.25) is 0 Å². The van der Waals surface area contributed by atoms with E-state index in [0.29, 0.717) is 13.0 Å². The van der Waals surface area contributed by atoms with Crippen molar-refractivity contribution in [3.63, 3.8) is 0 Å². The Hall–Kier alpha value is -1.62. The van der Waals surface area contributed by atoms with Crippen LogP contribution in [-0.2, 0) is 6.54 Å². The molecule has 0 aliphatic rings. The van der Waals surface area contributed by atoms with Crippen LogP contribution in [0.4, 0.5) is 0 Å². The maximum absolute atomic E-state index is 10.1. The number of nitrogens with one attached hydrogen (secondary N) is 1. The summed E-state index contributed by atoms with van der Waals surface area (Å²) in [5, 5.41) is 22.7. The van der Waals surface area contributed by atoms with Gasteiger partial charge in [0, 0.05) is 6.04 Å². The molecule has 2 unspecified atom stereocenters. The predicted octanol–water partition coefficient (Wildman–Crippen LogP) is 2.16. The summed E-state index contributed by atoms with van der Waals surface area (Å²) in [4.78, 5) is 0. The fourth-order valence-electron chi connectivity index (χ4n) is 2.13. The lowest BCUT2D eigenvalue weighted by atomic mass is 10.0. The van der Waals surface area contributed by atoms with Crippen molar-refractivity contribution in [2.24, 2.45) is 0 Å². The standard InChI is InChI=1S/C16H21NO3/c1-12-7-8-15(20-12)10-17-14(11-18)9-16(19)13-5-3-2-4-6-13/h2-8,14,16-19H,9-11H2,1H3. The topological polar surface area (TPSA) is 65.6 Å². The van der Waals surface area contributed by atoms with E-state index in [0.717, 1.165) is 17.1 Å². The first-order valence-corrected chi connectivity index (χ1v) is 6.81. The van der Waals surface area contributed by atoms with Crippen molar-refractivity contribution in [2.45, 2.75) is 32.0 Å². The van der Waals surface area contributed by atoms with Crippen molar-refractivity contribution < 1.29 is 14.6 Å². The van der Waals surface area contributed by atoms with Crippen molar-refractivity contribution >= 4 is 0 Å². The summed E-state index contributed by atoms with van der Waals surface area (Å²) in [6.45, 7) is 2.41. The average Bonchev–Trinajstić information content (AvgIpc) is 2.89. The second kappa shape index (κ2) is 7.24. The first-order valence-electron chi connectivity index (χ1n) is 6.81. The molecule has 0 amide bonds. The molecule has 0 spiro atoms. The Kier molecular flexibility index (Phi) is 5.35. The first-order chi connectivity index (χ1) is 9.69. The van der Waals surface area contributed by atoms with Crippen LogP contribution in [0.1, 0.15) is 29.6 Å². The Labute approximate surface area is 119 Å². The number of aliphatic hydroxyl groups is 2. The maximum atomic E-state index is 10.1. The number of hydrogen-bond acceptors (Lipinski definition) is 4. The van der Waals surface area contributed by atoms with Gasteiger partial charge in [-0.25, -0.2) is 0 Å². The third kappa shape index (κ3) is 4.20. The average molecular weight is 275 g/mol. The molecule has 0 aliphatic heterocycles. The first kappa shape index (κ1) is 14.8. The number of aryl methyl sites for hydroxylation is 1. The highest BCUT2D eigenvalue weighted by Crippen LogP contribution is 2.18. The molecule has 2 aromatic rings. The van der Waals surface area contributed by atoms with Gasteiger partial charge in [-0.05, 0) is 31.0 Å². The van der Waals surface area contributed by atoms with E-state index in [4.69, 9.17) is 4.42 Å². The van der Waals surface area contributed by atoms with Crippen LogP contribution in [-0.4, -0.2) is 22.9 Å². The fourth-order valence-corrected chi connectivity index (χ4v) is 2.13. The zero-order valence-corrected chi connectivity index (χ0v) is 11.6. The summed E-state index contributed by atoms with van der Waals surface area (Å²) in [6.07, 6.45) is -0.126. The minimum Gasteiger partial charge on any atom is -0.465 e. The van der Waals surface area contributed by atoms with Crippen LogP contribution in [0.5, 0.6) is 0 Å². The molecule has 0 bridgehead atoms. The third-order valence-corrected chi connectivity index (χ3v) is 3.27. The monoisotopic (exact) mass is 275 g/mol. The summed E-state index contributed by atoms with van der Waals surface area (Å²) in [5.74, 6) is 1.70. The maximum Gasteiger partial charge on any atom is 0.117 e. The van der Waals surface area contributed by atoms with E-state index in [2.05, 4.69) is 5.32 Å². The Bertz CT molecular complexity index is 509. The van der Waals surface area contributed by atoms with Crippen molar-refractivity contribution in [3.05, 3.63) is 59.5 Å². The van der Waals surface area contributed by atoms with E-state index in [1.807, 2.05) is 49.4 Å². The van der Waals surface area contributed by atoms with Gasteiger partial charge in [0.25, 0.3) is 0 Å². The van der Waals surface area contributed by atoms with E-state index < -0.39 is 6.10 Å². The highest BCUT2D eigenvalue weighted by atomic mass is 16.3. The molecular formula is C16H21NO3. The summed E-state index contributed by atoms with van der Waals surface area (Å²) >= 11 is 0. The third-order valence-electron chi connectivity index (χ3n) is 3.27. The van der Waals surface area contributed by atoms with E-state index in [-0.39, 0.29) is 12.6 Å². The Morgan fingerprint density at radius 2 is 1.90 bits per heavy atom. The Morgan fingerprint density at radius 3 is 2.50 bits per heavy atom. The molecule has 0 fully saturated rings. The van der Waals surface area contributed by atoms with Crippen LogP contribution in [0.2, 0.25) is 0 Å². The smallest absolute Gasteiger partial charge is 0.117 e. The molecule has 1 aromatic carbocycles. The van der Waals surface area contributed by atoms with Crippen LogP contribution >= 0.6 is 0 Å². The van der Waals surface area contributed by atoms with Gasteiger partial charge in [-0.15, -0.1) is 0 Å². The number of hydrogen-bond donors (Lipinski definition) is 3. The van der Waals surface area contributed by atoms with Gasteiger partial charge in [0.1, 0.15) is 11.5 Å². The van der Waals surface area contributed by atoms with E-state index in [1.54, 1.807) is 0 Å². The molecule has 20 heavy (non-hydrogen) atoms. The summed E-state index contributed by atoms with van der Waals surface area (Å²) in [5.41, 5.74) is 0.863. The lowest BCUT2D eigenvalue weighted by molar-refractivity contribution is 0.128. The van der Waals surface area contributed by atoms with Crippen LogP contribution in [0.3, 0.4) is 0 Å². The van der Waals surface area contributed by atoms with Crippen LogP contribution in [0.15, 0.2) is 46.9 Å². The minimum atomic E-state index is -0.584. The molecule has 0 saturated heterocycles. The lowest BCUT2D eigenvalue weighted by Crippen LogP contribution is -2.33. The van der Waals surface area contributed by atoms with E-state index >= 15 is 0 Å². The zero-order valence-electron chi connectivity index (χ0n) is 11.6. The number of aliphatic hydroxyl groups excluding tert-OH is 2. The normalized spacial score (nSPS) is 14.2. The molecule has 2 atom stereocenters. The quantitative estimate of drug-likeness (QED) is 0.724. The molecule has 4 nitrogen and oxygen atoms in total. The molecule has 108 valence electrons. The van der Waals surface area contributed by atoms with Gasteiger partial charge in [-0.2, -0.15) is 0 Å². The van der Waals surface area contributed by atoms with E-state index in [9.17, 15) is 10.2 Å². The summed E-state index contributed by atoms with van der Waals surface area (Å²) < 4.78 is 5.46. The molecule has 1 heterocycles. The van der Waals surface area contributed by atoms with Gasteiger partial charge in [0.15, 0.2) is 0 Å².